The first-order chi connectivity index (χ1) is 14.6. The van der Waals surface area contributed by atoms with Crippen molar-refractivity contribution in [2.45, 2.75) is 38.3 Å². The van der Waals surface area contributed by atoms with E-state index in [9.17, 15) is 0 Å². The predicted octanol–water partition coefficient (Wildman–Crippen LogP) is 4.00. The van der Waals surface area contributed by atoms with Crippen LogP contribution in [0.1, 0.15) is 48.3 Å². The van der Waals surface area contributed by atoms with E-state index in [1.165, 1.54) is 5.56 Å². The van der Waals surface area contributed by atoms with Crippen LogP contribution in [0.15, 0.2) is 36.5 Å². The summed E-state index contributed by atoms with van der Waals surface area (Å²) in [6.07, 6.45) is 5.14. The van der Waals surface area contributed by atoms with Gasteiger partial charge in [-0.3, -0.25) is 9.38 Å². The lowest BCUT2D eigenvalue weighted by molar-refractivity contribution is 0.311. The van der Waals surface area contributed by atoms with Crippen molar-refractivity contribution in [3.05, 3.63) is 58.6 Å². The third kappa shape index (κ3) is 3.57. The fraction of sp³-hybridized carbons (Fsp3) is 0.478. The Morgan fingerprint density at radius 1 is 1.00 bits per heavy atom. The van der Waals surface area contributed by atoms with Crippen molar-refractivity contribution in [2.24, 2.45) is 0 Å². The molecule has 158 valence electrons. The summed E-state index contributed by atoms with van der Waals surface area (Å²) in [6.45, 7) is 6.26. The average molecular weight is 425 g/mol. The zero-order valence-electron chi connectivity index (χ0n) is 17.7. The molecule has 0 amide bonds. The number of nitrogens with zero attached hydrogens (tertiary/aromatic N) is 5. The lowest BCUT2D eigenvalue weighted by Gasteiger charge is -2.34. The van der Waals surface area contributed by atoms with Gasteiger partial charge in [-0.1, -0.05) is 23.7 Å². The number of hydrogen-bond donors (Lipinski definition) is 1. The number of imidazole rings is 1. The molecule has 1 N–H and O–H groups in total. The highest BCUT2D eigenvalue weighted by atomic mass is 35.5. The molecular formula is C23H29ClN6. The lowest BCUT2D eigenvalue weighted by atomic mass is 9.93. The summed E-state index contributed by atoms with van der Waals surface area (Å²) in [5.74, 6) is 1.14. The molecule has 2 aliphatic heterocycles. The standard InChI is InChI=1S/C23H29ClN6/c1-16-6-5-11-25-21(16)17-7-3-8-18(26-17)22-23(24)30-19(27-22)9-4-10-20(30)29-14-12-28(2)13-15-29/h4-6,9-11,17-18,26H,3,7-8,12-15H2,1-2H3/t17-,18+/m0/s1. The Kier molecular flexibility index (Phi) is 5.39. The molecule has 2 atom stereocenters. The number of aromatic nitrogens is 3. The van der Waals surface area contributed by atoms with E-state index in [4.69, 9.17) is 16.6 Å². The van der Waals surface area contributed by atoms with Gasteiger partial charge in [-0.05, 0) is 57.0 Å². The van der Waals surface area contributed by atoms with Gasteiger partial charge in [0.25, 0.3) is 0 Å². The normalized spacial score (nSPS) is 23.2. The van der Waals surface area contributed by atoms with E-state index in [0.717, 1.165) is 73.4 Å². The highest BCUT2D eigenvalue weighted by Gasteiger charge is 2.30. The minimum Gasteiger partial charge on any atom is -0.355 e. The molecule has 0 spiro atoms. The monoisotopic (exact) mass is 424 g/mol. The van der Waals surface area contributed by atoms with Crippen molar-refractivity contribution in [3.8, 4) is 0 Å². The number of piperidine rings is 1. The molecular weight excluding hydrogens is 396 g/mol. The van der Waals surface area contributed by atoms with Crippen LogP contribution >= 0.6 is 11.6 Å². The zero-order valence-corrected chi connectivity index (χ0v) is 18.4. The Labute approximate surface area is 182 Å². The number of likely N-dealkylation sites (N-methyl/N-ethyl adjacent to an activating group) is 1. The third-order valence-corrected chi connectivity index (χ3v) is 6.88. The Hall–Kier alpha value is -2.15. The molecule has 0 aromatic carbocycles. The van der Waals surface area contributed by atoms with Crippen LogP contribution in [0.2, 0.25) is 5.15 Å². The van der Waals surface area contributed by atoms with E-state index >= 15 is 0 Å². The first kappa shape index (κ1) is 19.8. The van der Waals surface area contributed by atoms with Crippen LogP contribution in [-0.4, -0.2) is 52.5 Å². The number of hydrogen-bond acceptors (Lipinski definition) is 5. The molecule has 0 aliphatic carbocycles. The van der Waals surface area contributed by atoms with Crippen molar-refractivity contribution in [2.75, 3.05) is 38.1 Å². The van der Waals surface area contributed by atoms with Crippen molar-refractivity contribution in [3.63, 3.8) is 0 Å². The van der Waals surface area contributed by atoms with Crippen LogP contribution in [0.5, 0.6) is 0 Å². The Morgan fingerprint density at radius 3 is 2.53 bits per heavy atom. The van der Waals surface area contributed by atoms with Gasteiger partial charge in [0.2, 0.25) is 0 Å². The molecule has 0 unspecified atom stereocenters. The number of fused-ring (bicyclic) bond motifs is 1. The minimum atomic E-state index is 0.137. The maximum Gasteiger partial charge on any atom is 0.139 e. The molecule has 6 nitrogen and oxygen atoms in total. The van der Waals surface area contributed by atoms with Crippen molar-refractivity contribution < 1.29 is 0 Å². The second-order valence-electron chi connectivity index (χ2n) is 8.56. The number of pyridine rings is 2. The quantitative estimate of drug-likeness (QED) is 0.688. The van der Waals surface area contributed by atoms with Gasteiger partial charge in [0.15, 0.2) is 0 Å². The topological polar surface area (TPSA) is 48.7 Å². The summed E-state index contributed by atoms with van der Waals surface area (Å²) in [7, 11) is 2.18. The fourth-order valence-corrected chi connectivity index (χ4v) is 5.14. The highest BCUT2D eigenvalue weighted by Crippen LogP contribution is 2.37. The summed E-state index contributed by atoms with van der Waals surface area (Å²) in [5.41, 5.74) is 4.25. The van der Waals surface area contributed by atoms with Gasteiger partial charge >= 0.3 is 0 Å². The first-order valence-electron chi connectivity index (χ1n) is 10.9. The maximum absolute atomic E-state index is 6.98. The lowest BCUT2D eigenvalue weighted by Crippen LogP contribution is -2.45. The first-order valence-corrected chi connectivity index (χ1v) is 11.3. The molecule has 3 aromatic heterocycles. The Balaban J connectivity index is 1.47. The number of piperazine rings is 1. The second kappa shape index (κ2) is 8.17. The minimum absolute atomic E-state index is 0.137. The Morgan fingerprint density at radius 2 is 1.77 bits per heavy atom. The SMILES string of the molecule is Cc1cccnc1[C@@H]1CCC[C@H](c2nc3cccc(N4CCN(C)CC4)n3c2Cl)N1. The number of anilines is 1. The molecule has 0 saturated carbocycles. The summed E-state index contributed by atoms with van der Waals surface area (Å²) < 4.78 is 2.12. The molecule has 2 saturated heterocycles. The van der Waals surface area contributed by atoms with Gasteiger partial charge in [0.05, 0.1) is 23.5 Å². The summed E-state index contributed by atoms with van der Waals surface area (Å²) in [4.78, 5) is 14.4. The van der Waals surface area contributed by atoms with Crippen LogP contribution in [0.25, 0.3) is 5.65 Å². The third-order valence-electron chi connectivity index (χ3n) is 6.52. The van der Waals surface area contributed by atoms with Crippen molar-refractivity contribution >= 4 is 23.1 Å². The fourth-order valence-electron chi connectivity index (χ4n) is 4.79. The van der Waals surface area contributed by atoms with Gasteiger partial charge in [-0.25, -0.2) is 4.98 Å². The number of aryl methyl sites for hydroxylation is 1. The molecule has 2 aliphatic rings. The van der Waals surface area contributed by atoms with Crippen molar-refractivity contribution in [1.82, 2.24) is 24.6 Å². The number of halogens is 1. The molecule has 0 radical (unpaired) electrons. The second-order valence-corrected chi connectivity index (χ2v) is 8.92. The summed E-state index contributed by atoms with van der Waals surface area (Å²) >= 11 is 6.98. The van der Waals surface area contributed by atoms with E-state index in [0.29, 0.717) is 0 Å². The molecule has 5 rings (SSSR count). The van der Waals surface area contributed by atoms with Crippen LogP contribution in [0, 0.1) is 6.92 Å². The van der Waals surface area contributed by atoms with Crippen LogP contribution in [0.4, 0.5) is 5.82 Å². The highest BCUT2D eigenvalue weighted by molar-refractivity contribution is 6.30. The van der Waals surface area contributed by atoms with Gasteiger partial charge in [0.1, 0.15) is 16.6 Å². The van der Waals surface area contributed by atoms with E-state index < -0.39 is 0 Å². The molecule has 30 heavy (non-hydrogen) atoms. The van der Waals surface area contributed by atoms with Gasteiger partial charge in [0, 0.05) is 32.4 Å². The number of rotatable bonds is 3. The van der Waals surface area contributed by atoms with E-state index in [1.54, 1.807) is 0 Å². The van der Waals surface area contributed by atoms with Crippen LogP contribution in [0.3, 0.4) is 0 Å². The maximum atomic E-state index is 6.98. The molecule has 2 fully saturated rings. The van der Waals surface area contributed by atoms with Crippen LogP contribution in [-0.2, 0) is 0 Å². The van der Waals surface area contributed by atoms with Gasteiger partial charge in [-0.2, -0.15) is 0 Å². The van der Waals surface area contributed by atoms with Gasteiger partial charge < -0.3 is 15.1 Å². The van der Waals surface area contributed by atoms with Gasteiger partial charge in [-0.15, -0.1) is 0 Å². The van der Waals surface area contributed by atoms with E-state index in [-0.39, 0.29) is 12.1 Å². The molecule has 3 aromatic rings. The Bertz CT molecular complexity index is 1040. The van der Waals surface area contributed by atoms with Crippen LogP contribution < -0.4 is 10.2 Å². The summed E-state index contributed by atoms with van der Waals surface area (Å²) in [5, 5.41) is 4.52. The average Bonchev–Trinajstić information content (AvgIpc) is 3.12. The molecule has 5 heterocycles. The smallest absolute Gasteiger partial charge is 0.139 e. The molecule has 7 heteroatoms. The number of nitrogens with one attached hydrogen (secondary N) is 1. The largest absolute Gasteiger partial charge is 0.355 e. The van der Waals surface area contributed by atoms with E-state index in [1.807, 2.05) is 12.3 Å². The summed E-state index contributed by atoms with van der Waals surface area (Å²) in [6, 6.07) is 10.8. The van der Waals surface area contributed by atoms with E-state index in [2.05, 4.69) is 62.7 Å². The molecule has 0 bridgehead atoms. The predicted molar refractivity (Wildman–Crippen MR) is 121 cm³/mol. The van der Waals surface area contributed by atoms with Crippen molar-refractivity contribution in [1.29, 1.82) is 0 Å². The zero-order chi connectivity index (χ0) is 20.7.